The fourth-order valence-electron chi connectivity index (χ4n) is 9.80. The van der Waals surface area contributed by atoms with E-state index in [0.29, 0.717) is 19.4 Å². The lowest BCUT2D eigenvalue weighted by Gasteiger charge is -2.20. The van der Waals surface area contributed by atoms with E-state index in [1.54, 1.807) is 6.08 Å². The van der Waals surface area contributed by atoms with Crippen molar-refractivity contribution in [3.63, 3.8) is 0 Å². The van der Waals surface area contributed by atoms with Crippen molar-refractivity contribution in [2.75, 3.05) is 13.2 Å². The summed E-state index contributed by atoms with van der Waals surface area (Å²) in [4.78, 5) is 24.6. The van der Waals surface area contributed by atoms with Gasteiger partial charge in [-0.15, -0.1) is 0 Å². The van der Waals surface area contributed by atoms with Gasteiger partial charge in [-0.2, -0.15) is 0 Å². The normalized spacial score (nSPS) is 12.8. The molecule has 0 fully saturated rings. The highest BCUT2D eigenvalue weighted by atomic mass is 16.5. The summed E-state index contributed by atoms with van der Waals surface area (Å²) in [6.45, 7) is 4.89. The fraction of sp³-hybridized carbons (Fsp3) is 0.877. The van der Waals surface area contributed by atoms with Gasteiger partial charge < -0.3 is 20.3 Å². The van der Waals surface area contributed by atoms with Gasteiger partial charge in [0.25, 0.3) is 0 Å². The quantitative estimate of drug-likeness (QED) is 0.0244. The molecule has 0 aromatic heterocycles. The number of hydrogen-bond acceptors (Lipinski definition) is 5. The van der Waals surface area contributed by atoms with E-state index >= 15 is 0 Å². The molecular formula is C65H123NO5. The molecule has 6 heteroatoms. The largest absolute Gasteiger partial charge is 0.466 e. The highest BCUT2D eigenvalue weighted by Crippen LogP contribution is 2.17. The van der Waals surface area contributed by atoms with Crippen molar-refractivity contribution in [1.29, 1.82) is 0 Å². The van der Waals surface area contributed by atoms with Gasteiger partial charge in [-0.25, -0.2) is 0 Å². The van der Waals surface area contributed by atoms with Crippen LogP contribution in [0.4, 0.5) is 0 Å². The van der Waals surface area contributed by atoms with Crippen molar-refractivity contribution in [1.82, 2.24) is 5.32 Å². The molecule has 0 aromatic rings. The Bertz CT molecular complexity index is 1150. The first-order valence-corrected chi connectivity index (χ1v) is 31.8. The number of rotatable bonds is 59. The summed E-state index contributed by atoms with van der Waals surface area (Å²) in [5.74, 6) is -0.0855. The number of unbranched alkanes of at least 4 members (excludes halogenated alkanes) is 45. The second-order valence-electron chi connectivity index (χ2n) is 21.8. The van der Waals surface area contributed by atoms with E-state index in [2.05, 4.69) is 43.5 Å². The number of nitrogens with one attached hydrogen (secondary N) is 1. The van der Waals surface area contributed by atoms with Crippen LogP contribution in [0.2, 0.25) is 0 Å². The van der Waals surface area contributed by atoms with E-state index in [1.165, 1.54) is 238 Å². The standard InChI is InChI=1S/C65H123NO5/c1-3-5-7-9-11-13-15-17-19-21-27-31-35-39-43-47-51-55-59-65(70)71-60-56-52-48-44-40-36-32-28-24-22-23-26-30-34-38-42-46-50-54-58-64(69)66-62(61-67)63(68)57-53-49-45-41-37-33-29-25-20-18-16-14-12-10-8-6-4-2/h28,32,36,40,53,57,62-63,67-68H,3-27,29-31,33-35,37-39,41-52,54-56,58-61H2,1-2H3,(H,66,69)/b32-28-,40-36-,57-53+. The summed E-state index contributed by atoms with van der Waals surface area (Å²) < 4.78 is 5.47. The summed E-state index contributed by atoms with van der Waals surface area (Å²) in [6.07, 6.45) is 76.1. The fourth-order valence-corrected chi connectivity index (χ4v) is 9.80. The molecule has 0 aliphatic heterocycles. The molecule has 0 rings (SSSR count). The third kappa shape index (κ3) is 57.2. The first-order valence-electron chi connectivity index (χ1n) is 31.8. The Morgan fingerprint density at radius 3 is 1.04 bits per heavy atom. The predicted octanol–water partition coefficient (Wildman–Crippen LogP) is 20.0. The molecule has 0 aliphatic carbocycles. The van der Waals surface area contributed by atoms with E-state index < -0.39 is 12.1 Å². The minimum absolute atomic E-state index is 0.00952. The zero-order valence-electron chi connectivity index (χ0n) is 47.7. The van der Waals surface area contributed by atoms with E-state index in [-0.39, 0.29) is 18.5 Å². The lowest BCUT2D eigenvalue weighted by atomic mass is 10.0. The Morgan fingerprint density at radius 2 is 0.690 bits per heavy atom. The molecule has 0 saturated carbocycles. The molecule has 418 valence electrons. The lowest BCUT2D eigenvalue weighted by Crippen LogP contribution is -2.45. The number of allylic oxidation sites excluding steroid dienone is 5. The van der Waals surface area contributed by atoms with Crippen LogP contribution in [0.5, 0.6) is 0 Å². The molecule has 71 heavy (non-hydrogen) atoms. The van der Waals surface area contributed by atoms with Gasteiger partial charge in [-0.05, 0) is 64.2 Å². The van der Waals surface area contributed by atoms with Gasteiger partial charge >= 0.3 is 5.97 Å². The Labute approximate surface area is 443 Å². The number of carbonyl (C=O) groups excluding carboxylic acids is 2. The van der Waals surface area contributed by atoms with Gasteiger partial charge in [0.2, 0.25) is 5.91 Å². The molecule has 0 saturated heterocycles. The number of amides is 1. The van der Waals surface area contributed by atoms with Gasteiger partial charge in [0.05, 0.1) is 25.4 Å². The van der Waals surface area contributed by atoms with E-state index in [0.717, 1.165) is 77.0 Å². The molecule has 0 aromatic carbocycles. The maximum atomic E-state index is 12.5. The first kappa shape index (κ1) is 69.1. The highest BCUT2D eigenvalue weighted by molar-refractivity contribution is 5.76. The highest BCUT2D eigenvalue weighted by Gasteiger charge is 2.18. The number of carbonyl (C=O) groups is 2. The monoisotopic (exact) mass is 998 g/mol. The van der Waals surface area contributed by atoms with Gasteiger partial charge in [-0.3, -0.25) is 9.59 Å². The average Bonchev–Trinajstić information content (AvgIpc) is 3.37. The van der Waals surface area contributed by atoms with Crippen LogP contribution in [0, 0.1) is 0 Å². The zero-order valence-corrected chi connectivity index (χ0v) is 47.7. The van der Waals surface area contributed by atoms with Crippen LogP contribution in [-0.2, 0) is 14.3 Å². The Kier molecular flexibility index (Phi) is 59.0. The molecule has 6 nitrogen and oxygen atoms in total. The first-order chi connectivity index (χ1) is 35.0. The second-order valence-corrected chi connectivity index (χ2v) is 21.8. The molecule has 3 N–H and O–H groups in total. The van der Waals surface area contributed by atoms with Crippen LogP contribution < -0.4 is 5.32 Å². The molecule has 0 bridgehead atoms. The van der Waals surface area contributed by atoms with Crippen molar-refractivity contribution in [3.8, 4) is 0 Å². The van der Waals surface area contributed by atoms with E-state index in [9.17, 15) is 19.8 Å². The number of esters is 1. The number of hydrogen-bond donors (Lipinski definition) is 3. The molecular weight excluding hydrogens is 875 g/mol. The van der Waals surface area contributed by atoms with Crippen molar-refractivity contribution in [2.45, 2.75) is 353 Å². The van der Waals surface area contributed by atoms with E-state index in [1.807, 2.05) is 6.08 Å². The number of ether oxygens (including phenoxy) is 1. The number of aliphatic hydroxyl groups is 2. The molecule has 1 amide bonds. The lowest BCUT2D eigenvalue weighted by molar-refractivity contribution is -0.143. The molecule has 0 spiro atoms. The van der Waals surface area contributed by atoms with Crippen molar-refractivity contribution >= 4 is 11.9 Å². The van der Waals surface area contributed by atoms with Crippen LogP contribution in [0.1, 0.15) is 341 Å². The summed E-state index contributed by atoms with van der Waals surface area (Å²) in [5, 5.41) is 23.2. The van der Waals surface area contributed by atoms with Gasteiger partial charge in [0, 0.05) is 12.8 Å². The second kappa shape index (κ2) is 60.6. The Hall–Kier alpha value is -1.92. The third-order valence-electron chi connectivity index (χ3n) is 14.7. The van der Waals surface area contributed by atoms with Crippen LogP contribution in [0.25, 0.3) is 0 Å². The topological polar surface area (TPSA) is 95.9 Å². The summed E-state index contributed by atoms with van der Waals surface area (Å²) in [6, 6.07) is -0.636. The van der Waals surface area contributed by atoms with Gasteiger partial charge in [-0.1, -0.05) is 301 Å². The van der Waals surface area contributed by atoms with E-state index in [4.69, 9.17) is 4.74 Å². The molecule has 2 atom stereocenters. The third-order valence-corrected chi connectivity index (χ3v) is 14.7. The SMILES string of the molecule is CCCCCCCCCCCCCCCCC/C=C/C(O)C(CO)NC(=O)CCCCCCCCCCCC/C=C\C=C/CCCCCOC(=O)CCCCCCCCCCCCCCCCCCCC. The Morgan fingerprint density at radius 1 is 0.394 bits per heavy atom. The summed E-state index contributed by atoms with van der Waals surface area (Å²) in [7, 11) is 0. The zero-order chi connectivity index (χ0) is 51.4. The average molecular weight is 999 g/mol. The van der Waals surface area contributed by atoms with Crippen LogP contribution in [0.3, 0.4) is 0 Å². The van der Waals surface area contributed by atoms with Gasteiger partial charge in [0.15, 0.2) is 0 Å². The van der Waals surface area contributed by atoms with Crippen LogP contribution >= 0.6 is 0 Å². The summed E-state index contributed by atoms with van der Waals surface area (Å²) in [5.41, 5.74) is 0. The maximum Gasteiger partial charge on any atom is 0.305 e. The smallest absolute Gasteiger partial charge is 0.305 e. The van der Waals surface area contributed by atoms with Crippen LogP contribution in [-0.4, -0.2) is 47.4 Å². The predicted molar refractivity (Wildman–Crippen MR) is 310 cm³/mol. The summed E-state index contributed by atoms with van der Waals surface area (Å²) >= 11 is 0. The molecule has 0 heterocycles. The van der Waals surface area contributed by atoms with Crippen molar-refractivity contribution in [3.05, 3.63) is 36.5 Å². The van der Waals surface area contributed by atoms with Crippen LogP contribution in [0.15, 0.2) is 36.5 Å². The Balaban J connectivity index is 3.48. The minimum Gasteiger partial charge on any atom is -0.466 e. The number of aliphatic hydroxyl groups excluding tert-OH is 2. The molecule has 2 unspecified atom stereocenters. The molecule has 0 aliphatic rings. The minimum atomic E-state index is -0.852. The van der Waals surface area contributed by atoms with Gasteiger partial charge in [0.1, 0.15) is 0 Å². The van der Waals surface area contributed by atoms with Crippen molar-refractivity contribution in [2.24, 2.45) is 0 Å². The maximum absolute atomic E-state index is 12.5. The molecule has 0 radical (unpaired) electrons. The van der Waals surface area contributed by atoms with Crippen molar-refractivity contribution < 1.29 is 24.5 Å².